The third kappa shape index (κ3) is 2.75. The number of hydrogen-bond acceptors (Lipinski definition) is 4. The molecule has 3 rings (SSSR count). The Morgan fingerprint density at radius 3 is 2.67 bits per heavy atom. The number of nitrogens with zero attached hydrogens (tertiary/aromatic N) is 2. The van der Waals surface area contributed by atoms with Gasteiger partial charge in [-0.25, -0.2) is 8.78 Å². The fraction of sp³-hybridized carbons (Fsp3) is 0.200. The number of rotatable bonds is 4. The molecule has 1 N–H and O–H groups in total. The summed E-state index contributed by atoms with van der Waals surface area (Å²) in [7, 11) is 0. The molecule has 0 spiro atoms. The lowest BCUT2D eigenvalue weighted by Crippen LogP contribution is -2.20. The lowest BCUT2D eigenvalue weighted by Gasteiger charge is -2.04. The van der Waals surface area contributed by atoms with Gasteiger partial charge in [-0.15, -0.1) is 0 Å². The largest absolute Gasteiger partial charge is 0.387 e. The lowest BCUT2D eigenvalue weighted by molar-refractivity contribution is -0.00754. The molecule has 0 saturated carbocycles. The third-order valence-electron chi connectivity index (χ3n) is 3.17. The molecular formula is C15H12F2N2O2. The molecule has 2 aromatic carbocycles. The number of alkyl halides is 2. The van der Waals surface area contributed by atoms with Crippen molar-refractivity contribution >= 4 is 10.8 Å². The van der Waals surface area contributed by atoms with E-state index in [9.17, 15) is 8.78 Å². The van der Waals surface area contributed by atoms with E-state index in [4.69, 9.17) is 9.63 Å². The Hall–Kier alpha value is -2.34. The Balaban J connectivity index is 1.95. The molecule has 0 amide bonds. The van der Waals surface area contributed by atoms with Crippen LogP contribution in [0.15, 0.2) is 47.0 Å². The van der Waals surface area contributed by atoms with Crippen molar-refractivity contribution in [3.8, 4) is 11.4 Å². The van der Waals surface area contributed by atoms with Crippen molar-refractivity contribution in [2.45, 2.75) is 19.0 Å². The van der Waals surface area contributed by atoms with Crippen LogP contribution in [0.1, 0.15) is 5.89 Å². The van der Waals surface area contributed by atoms with Crippen LogP contribution in [0.4, 0.5) is 8.78 Å². The third-order valence-corrected chi connectivity index (χ3v) is 3.17. The van der Waals surface area contributed by atoms with E-state index in [0.29, 0.717) is 5.82 Å². The van der Waals surface area contributed by atoms with E-state index in [1.807, 2.05) is 42.5 Å². The van der Waals surface area contributed by atoms with Gasteiger partial charge in [0.05, 0.1) is 6.42 Å². The van der Waals surface area contributed by atoms with E-state index >= 15 is 0 Å². The lowest BCUT2D eigenvalue weighted by atomic mass is 10.0. The van der Waals surface area contributed by atoms with Crippen molar-refractivity contribution in [2.24, 2.45) is 0 Å². The van der Waals surface area contributed by atoms with E-state index in [2.05, 4.69) is 10.1 Å². The molecule has 0 bridgehead atoms. The Morgan fingerprint density at radius 1 is 1.10 bits per heavy atom. The maximum absolute atomic E-state index is 12.3. The minimum absolute atomic E-state index is 0.00858. The van der Waals surface area contributed by atoms with Crippen molar-refractivity contribution in [3.05, 3.63) is 48.4 Å². The maximum Gasteiger partial charge on any atom is 0.264 e. The molecule has 0 aliphatic heterocycles. The van der Waals surface area contributed by atoms with Gasteiger partial charge in [0, 0.05) is 5.56 Å². The predicted molar refractivity (Wildman–Crippen MR) is 73.0 cm³/mol. The van der Waals surface area contributed by atoms with Gasteiger partial charge in [0.15, 0.2) is 0 Å². The highest BCUT2D eigenvalue weighted by Crippen LogP contribution is 2.26. The van der Waals surface area contributed by atoms with Gasteiger partial charge in [-0.05, 0) is 10.8 Å². The number of halogens is 2. The molecule has 0 radical (unpaired) electrons. The highest BCUT2D eigenvalue weighted by atomic mass is 19.3. The number of fused-ring (bicyclic) bond motifs is 1. The molecule has 0 aliphatic carbocycles. The smallest absolute Gasteiger partial charge is 0.264 e. The first-order valence-corrected chi connectivity index (χ1v) is 6.42. The molecule has 0 aliphatic rings. The van der Waals surface area contributed by atoms with Gasteiger partial charge >= 0.3 is 0 Å². The van der Waals surface area contributed by atoms with Gasteiger partial charge in [-0.3, -0.25) is 0 Å². The van der Waals surface area contributed by atoms with Gasteiger partial charge in [0.25, 0.3) is 6.43 Å². The second-order valence-electron chi connectivity index (χ2n) is 4.64. The Labute approximate surface area is 119 Å². The second kappa shape index (κ2) is 5.57. The molecular weight excluding hydrogens is 278 g/mol. The van der Waals surface area contributed by atoms with E-state index in [-0.39, 0.29) is 12.3 Å². The summed E-state index contributed by atoms with van der Waals surface area (Å²) in [6, 6.07) is 13.4. The molecule has 3 aromatic rings. The first-order valence-electron chi connectivity index (χ1n) is 6.42. The summed E-state index contributed by atoms with van der Waals surface area (Å²) in [6.45, 7) is 0. The first-order chi connectivity index (χ1) is 10.1. The standard InChI is InChI=1S/C15H12F2N2O2/c16-14(17)12(20)8-13-18-15(19-21-13)11-7-3-5-9-4-1-2-6-10(9)11/h1-7,12,14,20H,8H2. The van der Waals surface area contributed by atoms with Crippen LogP contribution < -0.4 is 0 Å². The summed E-state index contributed by atoms with van der Waals surface area (Å²) >= 11 is 0. The second-order valence-corrected chi connectivity index (χ2v) is 4.64. The normalized spacial score (nSPS) is 13.0. The molecule has 21 heavy (non-hydrogen) atoms. The zero-order valence-electron chi connectivity index (χ0n) is 10.9. The summed E-state index contributed by atoms with van der Waals surface area (Å²) in [6.07, 6.45) is -5.00. The van der Waals surface area contributed by atoms with Crippen LogP contribution >= 0.6 is 0 Å². The van der Waals surface area contributed by atoms with E-state index in [1.165, 1.54) is 0 Å². The first kappa shape index (κ1) is 13.6. The highest BCUT2D eigenvalue weighted by Gasteiger charge is 2.21. The number of aromatic nitrogens is 2. The number of benzene rings is 2. The Bertz CT molecular complexity index is 753. The van der Waals surface area contributed by atoms with Crippen LogP contribution in [-0.2, 0) is 6.42 Å². The van der Waals surface area contributed by atoms with Crippen LogP contribution in [0.25, 0.3) is 22.2 Å². The number of aliphatic hydroxyl groups is 1. The monoisotopic (exact) mass is 290 g/mol. The summed E-state index contributed by atoms with van der Waals surface area (Å²) < 4.78 is 29.6. The molecule has 108 valence electrons. The quantitative estimate of drug-likeness (QED) is 0.802. The van der Waals surface area contributed by atoms with Gasteiger partial charge in [0.2, 0.25) is 11.7 Å². The van der Waals surface area contributed by atoms with Crippen LogP contribution in [0.3, 0.4) is 0 Å². The summed E-state index contributed by atoms with van der Waals surface area (Å²) in [4.78, 5) is 4.08. The predicted octanol–water partition coefficient (Wildman–Crippen LogP) is 3.06. The average molecular weight is 290 g/mol. The SMILES string of the molecule is OC(Cc1nc(-c2cccc3ccccc23)no1)C(F)F. The highest BCUT2D eigenvalue weighted by molar-refractivity contribution is 5.94. The minimum atomic E-state index is -2.84. The summed E-state index contributed by atoms with van der Waals surface area (Å²) in [5.41, 5.74) is 0.759. The number of aliphatic hydroxyl groups excluding tert-OH is 1. The Kier molecular flexibility index (Phi) is 3.62. The van der Waals surface area contributed by atoms with Gasteiger partial charge in [-0.1, -0.05) is 47.6 Å². The zero-order chi connectivity index (χ0) is 14.8. The van der Waals surface area contributed by atoms with Crippen molar-refractivity contribution < 1.29 is 18.4 Å². The molecule has 4 nitrogen and oxygen atoms in total. The van der Waals surface area contributed by atoms with Crippen LogP contribution in [0.2, 0.25) is 0 Å². The Morgan fingerprint density at radius 2 is 1.86 bits per heavy atom. The maximum atomic E-state index is 12.3. The molecule has 6 heteroatoms. The van der Waals surface area contributed by atoms with Crippen molar-refractivity contribution in [1.82, 2.24) is 10.1 Å². The van der Waals surface area contributed by atoms with E-state index in [0.717, 1.165) is 16.3 Å². The summed E-state index contributed by atoms with van der Waals surface area (Å²) in [5.74, 6) is 0.314. The fourth-order valence-corrected chi connectivity index (χ4v) is 2.14. The molecule has 1 aromatic heterocycles. The average Bonchev–Trinajstić information content (AvgIpc) is 2.95. The number of hydrogen-bond donors (Lipinski definition) is 1. The molecule has 1 heterocycles. The van der Waals surface area contributed by atoms with Crippen molar-refractivity contribution in [3.63, 3.8) is 0 Å². The van der Waals surface area contributed by atoms with Crippen LogP contribution in [0, 0.1) is 0 Å². The van der Waals surface area contributed by atoms with Crippen LogP contribution in [-0.4, -0.2) is 27.8 Å². The molecule has 1 atom stereocenters. The fourth-order valence-electron chi connectivity index (χ4n) is 2.14. The molecule has 0 fully saturated rings. The van der Waals surface area contributed by atoms with Crippen LogP contribution in [0.5, 0.6) is 0 Å². The van der Waals surface area contributed by atoms with E-state index in [1.54, 1.807) is 0 Å². The van der Waals surface area contributed by atoms with Gasteiger partial charge in [-0.2, -0.15) is 4.98 Å². The van der Waals surface area contributed by atoms with Gasteiger partial charge in [0.1, 0.15) is 6.10 Å². The van der Waals surface area contributed by atoms with E-state index < -0.39 is 12.5 Å². The topological polar surface area (TPSA) is 59.2 Å². The van der Waals surface area contributed by atoms with Crippen molar-refractivity contribution in [1.29, 1.82) is 0 Å². The summed E-state index contributed by atoms with van der Waals surface area (Å²) in [5, 5.41) is 14.9. The molecule has 1 unspecified atom stereocenters. The minimum Gasteiger partial charge on any atom is -0.387 e. The molecule has 0 saturated heterocycles. The van der Waals surface area contributed by atoms with Crippen molar-refractivity contribution in [2.75, 3.05) is 0 Å². The van der Waals surface area contributed by atoms with Gasteiger partial charge < -0.3 is 9.63 Å². The zero-order valence-corrected chi connectivity index (χ0v) is 10.9.